The lowest BCUT2D eigenvalue weighted by atomic mass is 10.00. The first kappa shape index (κ1) is 30.5. The zero-order valence-electron chi connectivity index (χ0n) is 24.3. The predicted molar refractivity (Wildman–Crippen MR) is 168 cm³/mol. The molecule has 1 fully saturated rings. The molecule has 6 rings (SSSR count). The lowest BCUT2D eigenvalue weighted by molar-refractivity contribution is 0.0289. The van der Waals surface area contributed by atoms with Crippen LogP contribution in [-0.4, -0.2) is 65.9 Å². The molecule has 1 N–H and O–H groups in total. The van der Waals surface area contributed by atoms with Crippen molar-refractivity contribution in [2.75, 3.05) is 30.9 Å². The molecule has 3 heterocycles. The molecule has 4 aromatic rings. The lowest BCUT2D eigenvalue weighted by Gasteiger charge is -2.34. The number of rotatable bonds is 3. The van der Waals surface area contributed by atoms with Crippen molar-refractivity contribution in [2.45, 2.75) is 37.8 Å². The monoisotopic (exact) mass is 619 g/mol. The van der Waals surface area contributed by atoms with E-state index in [-0.39, 0.29) is 35.0 Å². The summed E-state index contributed by atoms with van der Waals surface area (Å²) in [7, 11) is -4.10. The molecule has 2 aliphatic rings. The second-order valence-corrected chi connectivity index (χ2v) is 13.0. The van der Waals surface area contributed by atoms with E-state index in [2.05, 4.69) is 31.7 Å². The number of halogens is 1. The first-order valence-corrected chi connectivity index (χ1v) is 15.4. The minimum absolute atomic E-state index is 0. The summed E-state index contributed by atoms with van der Waals surface area (Å²) >= 11 is 0. The van der Waals surface area contributed by atoms with Crippen LogP contribution in [0.3, 0.4) is 0 Å². The average Bonchev–Trinajstić information content (AvgIpc) is 3.10. The SMILES string of the molecule is Cc1cccc(C)c1-c1cc2nc(n1)NS(=O)(=O)c1cccc(c1)C(=O)N1CCN(Cc3ccccc3)CC(C)(C1)O2.Cl. The number of amides is 1. The van der Waals surface area contributed by atoms with Crippen LogP contribution in [-0.2, 0) is 16.6 Å². The number of sulfonamides is 1. The number of nitrogens with zero attached hydrogens (tertiary/aromatic N) is 4. The summed E-state index contributed by atoms with van der Waals surface area (Å²) in [6, 6.07) is 24.0. The molecule has 2 aliphatic heterocycles. The number of benzene rings is 3. The van der Waals surface area contributed by atoms with Crippen LogP contribution in [0, 0.1) is 13.8 Å². The number of carbonyl (C=O) groups is 1. The molecule has 11 heteroatoms. The summed E-state index contributed by atoms with van der Waals surface area (Å²) in [5.41, 5.74) is 4.00. The molecule has 43 heavy (non-hydrogen) atoms. The van der Waals surface area contributed by atoms with Crippen molar-refractivity contribution in [3.05, 3.63) is 101 Å². The van der Waals surface area contributed by atoms with Crippen molar-refractivity contribution in [1.82, 2.24) is 19.8 Å². The molecule has 1 unspecified atom stereocenters. The highest BCUT2D eigenvalue weighted by Crippen LogP contribution is 2.32. The predicted octanol–water partition coefficient (Wildman–Crippen LogP) is 5.09. The van der Waals surface area contributed by atoms with Crippen molar-refractivity contribution < 1.29 is 17.9 Å². The summed E-state index contributed by atoms with van der Waals surface area (Å²) in [4.78, 5) is 26.9. The smallest absolute Gasteiger partial charge is 0.264 e. The first-order valence-electron chi connectivity index (χ1n) is 13.9. The number of nitrogens with one attached hydrogen (secondary N) is 1. The fraction of sp³-hybridized carbons (Fsp3) is 0.281. The highest BCUT2D eigenvalue weighted by Gasteiger charge is 2.38. The Labute approximate surface area is 258 Å². The Morgan fingerprint density at radius 2 is 1.63 bits per heavy atom. The molecule has 0 saturated carbocycles. The van der Waals surface area contributed by atoms with Crippen molar-refractivity contribution >= 4 is 34.3 Å². The van der Waals surface area contributed by atoms with Gasteiger partial charge in [0.25, 0.3) is 15.9 Å². The summed E-state index contributed by atoms with van der Waals surface area (Å²) in [5.74, 6) is -0.129. The van der Waals surface area contributed by atoms with Gasteiger partial charge in [0.1, 0.15) is 5.60 Å². The third-order valence-corrected chi connectivity index (χ3v) is 9.04. The molecule has 1 saturated heterocycles. The van der Waals surface area contributed by atoms with Crippen LogP contribution in [0.15, 0.2) is 83.8 Å². The fourth-order valence-corrected chi connectivity index (χ4v) is 6.83. The van der Waals surface area contributed by atoms with Gasteiger partial charge in [0, 0.05) is 43.4 Å². The second-order valence-electron chi connectivity index (χ2n) is 11.3. The van der Waals surface area contributed by atoms with Crippen LogP contribution in [0.2, 0.25) is 0 Å². The van der Waals surface area contributed by atoms with Crippen LogP contribution in [0.1, 0.15) is 34.0 Å². The molecule has 1 atom stereocenters. The summed E-state index contributed by atoms with van der Waals surface area (Å²) in [5, 5.41) is 0. The Morgan fingerprint density at radius 1 is 0.907 bits per heavy atom. The van der Waals surface area contributed by atoms with E-state index in [4.69, 9.17) is 4.74 Å². The Bertz CT molecular complexity index is 1750. The Kier molecular flexibility index (Phi) is 8.47. The van der Waals surface area contributed by atoms with E-state index in [0.29, 0.717) is 44.0 Å². The van der Waals surface area contributed by atoms with Gasteiger partial charge in [0.15, 0.2) is 0 Å². The highest BCUT2D eigenvalue weighted by atomic mass is 35.5. The van der Waals surface area contributed by atoms with E-state index in [1.54, 1.807) is 23.1 Å². The third-order valence-electron chi connectivity index (χ3n) is 7.71. The van der Waals surface area contributed by atoms with Gasteiger partial charge in [-0.05, 0) is 55.7 Å². The van der Waals surface area contributed by atoms with Gasteiger partial charge in [0.05, 0.1) is 17.1 Å². The maximum atomic E-state index is 13.8. The molecular formula is C32H34ClN5O4S. The Hall–Kier alpha value is -3.99. The molecule has 0 radical (unpaired) electrons. The average molecular weight is 620 g/mol. The van der Waals surface area contributed by atoms with E-state index in [1.165, 1.54) is 12.1 Å². The number of ether oxygens (including phenoxy) is 1. The van der Waals surface area contributed by atoms with Crippen molar-refractivity contribution in [3.8, 4) is 17.1 Å². The van der Waals surface area contributed by atoms with Crippen LogP contribution < -0.4 is 9.46 Å². The Balaban J connectivity index is 0.00000368. The van der Waals surface area contributed by atoms with Crippen molar-refractivity contribution in [3.63, 3.8) is 0 Å². The molecule has 6 bridgehead atoms. The molecular weight excluding hydrogens is 586 g/mol. The van der Waals surface area contributed by atoms with Crippen LogP contribution in [0.25, 0.3) is 11.3 Å². The Morgan fingerprint density at radius 3 is 2.37 bits per heavy atom. The van der Waals surface area contributed by atoms with Crippen LogP contribution >= 0.6 is 12.4 Å². The van der Waals surface area contributed by atoms with Gasteiger partial charge in [-0.1, -0.05) is 54.6 Å². The minimum Gasteiger partial charge on any atom is -0.468 e. The van der Waals surface area contributed by atoms with Gasteiger partial charge in [-0.25, -0.2) is 18.1 Å². The van der Waals surface area contributed by atoms with Crippen molar-refractivity contribution in [1.29, 1.82) is 0 Å². The number of aromatic nitrogens is 2. The number of aryl methyl sites for hydroxylation is 2. The first-order chi connectivity index (χ1) is 20.1. The van der Waals surface area contributed by atoms with E-state index in [9.17, 15) is 13.2 Å². The topological polar surface area (TPSA) is 105 Å². The van der Waals surface area contributed by atoms with E-state index in [0.717, 1.165) is 22.3 Å². The fourth-order valence-electron chi connectivity index (χ4n) is 5.84. The van der Waals surface area contributed by atoms with E-state index < -0.39 is 15.6 Å². The minimum atomic E-state index is -4.10. The molecule has 0 aliphatic carbocycles. The normalized spacial score (nSPS) is 19.8. The molecule has 9 nitrogen and oxygen atoms in total. The summed E-state index contributed by atoms with van der Waals surface area (Å²) in [6.45, 7) is 8.54. The van der Waals surface area contributed by atoms with Gasteiger partial charge < -0.3 is 9.64 Å². The van der Waals surface area contributed by atoms with Gasteiger partial charge in [-0.15, -0.1) is 12.4 Å². The molecule has 224 valence electrons. The number of fused-ring (bicyclic) bond motifs is 6. The highest BCUT2D eigenvalue weighted by molar-refractivity contribution is 7.92. The lowest BCUT2D eigenvalue weighted by Crippen LogP contribution is -2.50. The van der Waals surface area contributed by atoms with Gasteiger partial charge in [0.2, 0.25) is 11.8 Å². The van der Waals surface area contributed by atoms with E-state index >= 15 is 0 Å². The third kappa shape index (κ3) is 6.51. The largest absolute Gasteiger partial charge is 0.468 e. The maximum absolute atomic E-state index is 13.8. The zero-order valence-corrected chi connectivity index (χ0v) is 25.9. The number of hydrogen-bond donors (Lipinski definition) is 1. The molecule has 0 spiro atoms. The number of hydrogen-bond acceptors (Lipinski definition) is 7. The van der Waals surface area contributed by atoms with Gasteiger partial charge >= 0.3 is 0 Å². The molecule has 1 aromatic heterocycles. The van der Waals surface area contributed by atoms with E-state index in [1.807, 2.05) is 57.2 Å². The maximum Gasteiger partial charge on any atom is 0.264 e. The van der Waals surface area contributed by atoms with Crippen LogP contribution in [0.5, 0.6) is 5.88 Å². The second kappa shape index (κ2) is 11.9. The number of carbonyl (C=O) groups excluding carboxylic acids is 1. The zero-order chi connectivity index (χ0) is 29.5. The van der Waals surface area contributed by atoms with Crippen molar-refractivity contribution in [2.24, 2.45) is 0 Å². The number of anilines is 1. The van der Waals surface area contributed by atoms with Gasteiger partial charge in [-0.3, -0.25) is 9.69 Å². The quantitative estimate of drug-likeness (QED) is 0.341. The standard InChI is InChI=1S/C32H33N5O4S.ClH/c1-22-9-7-10-23(2)29(22)27-18-28-34-31(33-27)35-42(39,40)26-14-8-13-25(17-26)30(38)37-16-15-36(20-32(3,21-37)41-28)19-24-11-5-4-6-12-24;/h4-14,17-18H,15-16,19-21H2,1-3H3,(H,33,34,35);1H. The summed E-state index contributed by atoms with van der Waals surface area (Å²) < 4.78 is 36.1. The van der Waals surface area contributed by atoms with Gasteiger partial charge in [-0.2, -0.15) is 4.98 Å². The molecule has 1 amide bonds. The molecule has 3 aromatic carbocycles. The summed E-state index contributed by atoms with van der Waals surface area (Å²) in [6.07, 6.45) is 0. The van der Waals surface area contributed by atoms with Crippen LogP contribution in [0.4, 0.5) is 5.95 Å².